The summed E-state index contributed by atoms with van der Waals surface area (Å²) in [5.74, 6) is -0.104. The van der Waals surface area contributed by atoms with E-state index in [0.29, 0.717) is 22.5 Å². The van der Waals surface area contributed by atoms with Crippen molar-refractivity contribution in [1.29, 1.82) is 0 Å². The number of alkyl halides is 3. The van der Waals surface area contributed by atoms with Gasteiger partial charge in [0.25, 0.3) is 0 Å². The van der Waals surface area contributed by atoms with E-state index in [9.17, 15) is 18.0 Å². The molecule has 0 spiro atoms. The standard InChI is InChI=1S/C23H16F3N3O2/c1-31-22(30)15-11-9-14(10-12-15)20-18-7-2-3-8-19(18)21(29-28-20)27-17-6-4-5-16(13-17)23(24,25)26/h2-13H,1H3,(H,27,29). The highest BCUT2D eigenvalue weighted by Crippen LogP contribution is 2.34. The average Bonchev–Trinajstić information content (AvgIpc) is 2.78. The number of esters is 1. The van der Waals surface area contributed by atoms with Gasteiger partial charge in [-0.2, -0.15) is 13.2 Å². The third-order valence-electron chi connectivity index (χ3n) is 4.72. The van der Waals surface area contributed by atoms with E-state index in [1.807, 2.05) is 24.3 Å². The monoisotopic (exact) mass is 423 g/mol. The lowest BCUT2D eigenvalue weighted by Gasteiger charge is -2.13. The van der Waals surface area contributed by atoms with Crippen LogP contribution in [0, 0.1) is 0 Å². The molecule has 5 nitrogen and oxygen atoms in total. The highest BCUT2D eigenvalue weighted by Gasteiger charge is 2.30. The van der Waals surface area contributed by atoms with E-state index in [-0.39, 0.29) is 5.69 Å². The van der Waals surface area contributed by atoms with Crippen LogP contribution in [0.2, 0.25) is 0 Å². The highest BCUT2D eigenvalue weighted by atomic mass is 19.4. The van der Waals surface area contributed by atoms with Crippen LogP contribution in [0.3, 0.4) is 0 Å². The van der Waals surface area contributed by atoms with Gasteiger partial charge in [-0.3, -0.25) is 0 Å². The van der Waals surface area contributed by atoms with Crippen LogP contribution < -0.4 is 5.32 Å². The number of nitrogens with one attached hydrogen (secondary N) is 1. The number of carbonyl (C=O) groups is 1. The van der Waals surface area contributed by atoms with Crippen LogP contribution in [0.4, 0.5) is 24.7 Å². The number of rotatable bonds is 4. The molecule has 0 aliphatic heterocycles. The lowest BCUT2D eigenvalue weighted by Crippen LogP contribution is -2.06. The number of methoxy groups -OCH3 is 1. The van der Waals surface area contributed by atoms with Crippen molar-refractivity contribution >= 4 is 28.2 Å². The van der Waals surface area contributed by atoms with Gasteiger partial charge in [0.2, 0.25) is 0 Å². The molecule has 0 atom stereocenters. The minimum Gasteiger partial charge on any atom is -0.465 e. The summed E-state index contributed by atoms with van der Waals surface area (Å²) in [6.45, 7) is 0. The van der Waals surface area contributed by atoms with Crippen molar-refractivity contribution in [3.05, 3.63) is 83.9 Å². The summed E-state index contributed by atoms with van der Waals surface area (Å²) in [5, 5.41) is 12.9. The zero-order valence-corrected chi connectivity index (χ0v) is 16.3. The molecule has 0 saturated carbocycles. The molecule has 0 aliphatic carbocycles. The third-order valence-corrected chi connectivity index (χ3v) is 4.72. The quantitative estimate of drug-likeness (QED) is 0.418. The number of hydrogen-bond donors (Lipinski definition) is 1. The van der Waals surface area contributed by atoms with Crippen LogP contribution in [0.15, 0.2) is 72.8 Å². The van der Waals surface area contributed by atoms with E-state index in [0.717, 1.165) is 23.1 Å². The summed E-state index contributed by atoms with van der Waals surface area (Å²) in [7, 11) is 1.31. The van der Waals surface area contributed by atoms with Gasteiger partial charge >= 0.3 is 12.1 Å². The predicted molar refractivity (Wildman–Crippen MR) is 111 cm³/mol. The molecule has 0 amide bonds. The Morgan fingerprint density at radius 3 is 2.29 bits per heavy atom. The van der Waals surface area contributed by atoms with Gasteiger partial charge in [0, 0.05) is 22.0 Å². The molecule has 1 aromatic heterocycles. The van der Waals surface area contributed by atoms with Crippen LogP contribution in [-0.2, 0) is 10.9 Å². The number of aromatic nitrogens is 2. The number of fused-ring (bicyclic) bond motifs is 1. The Hall–Kier alpha value is -3.94. The third kappa shape index (κ3) is 4.18. The zero-order chi connectivity index (χ0) is 22.0. The van der Waals surface area contributed by atoms with Gasteiger partial charge in [0.1, 0.15) is 5.69 Å². The summed E-state index contributed by atoms with van der Waals surface area (Å²) < 4.78 is 43.8. The predicted octanol–water partition coefficient (Wildman–Crippen LogP) is 5.85. The summed E-state index contributed by atoms with van der Waals surface area (Å²) in [6, 6.07) is 19.0. The Labute approximate surface area is 175 Å². The summed E-state index contributed by atoms with van der Waals surface area (Å²) >= 11 is 0. The zero-order valence-electron chi connectivity index (χ0n) is 16.3. The Balaban J connectivity index is 1.73. The normalized spacial score (nSPS) is 11.4. The Morgan fingerprint density at radius 2 is 1.61 bits per heavy atom. The fourth-order valence-corrected chi connectivity index (χ4v) is 3.20. The largest absolute Gasteiger partial charge is 0.465 e. The van der Waals surface area contributed by atoms with Gasteiger partial charge in [-0.1, -0.05) is 42.5 Å². The molecule has 0 saturated heterocycles. The van der Waals surface area contributed by atoms with Gasteiger partial charge < -0.3 is 10.1 Å². The van der Waals surface area contributed by atoms with E-state index >= 15 is 0 Å². The summed E-state index contributed by atoms with van der Waals surface area (Å²) in [4.78, 5) is 11.6. The van der Waals surface area contributed by atoms with Gasteiger partial charge in [-0.15, -0.1) is 10.2 Å². The fourth-order valence-electron chi connectivity index (χ4n) is 3.20. The average molecular weight is 423 g/mol. The molecule has 0 aliphatic rings. The van der Waals surface area contributed by atoms with E-state index in [4.69, 9.17) is 4.74 Å². The Bertz CT molecular complexity index is 1260. The van der Waals surface area contributed by atoms with E-state index in [2.05, 4.69) is 15.5 Å². The molecular weight excluding hydrogens is 407 g/mol. The van der Waals surface area contributed by atoms with Crippen LogP contribution in [0.5, 0.6) is 0 Å². The molecule has 4 rings (SSSR count). The first-order chi connectivity index (χ1) is 14.9. The number of carbonyl (C=O) groups excluding carboxylic acids is 1. The van der Waals surface area contributed by atoms with E-state index in [1.165, 1.54) is 19.2 Å². The minimum absolute atomic E-state index is 0.254. The molecule has 156 valence electrons. The van der Waals surface area contributed by atoms with Gasteiger partial charge in [-0.25, -0.2) is 4.79 Å². The van der Waals surface area contributed by atoms with Crippen molar-refractivity contribution in [2.75, 3.05) is 12.4 Å². The fraction of sp³-hybridized carbons (Fsp3) is 0.0870. The number of nitrogens with zero attached hydrogens (tertiary/aromatic N) is 2. The number of benzene rings is 3. The number of anilines is 2. The topological polar surface area (TPSA) is 64.1 Å². The SMILES string of the molecule is COC(=O)c1ccc(-c2nnc(Nc3cccc(C(F)(F)F)c3)c3ccccc23)cc1. The van der Waals surface area contributed by atoms with Crippen LogP contribution in [0.1, 0.15) is 15.9 Å². The molecule has 0 radical (unpaired) electrons. The lowest BCUT2D eigenvalue weighted by atomic mass is 10.0. The second-order valence-electron chi connectivity index (χ2n) is 6.72. The van der Waals surface area contributed by atoms with Gasteiger partial charge in [-0.05, 0) is 30.3 Å². The van der Waals surface area contributed by atoms with Crippen molar-refractivity contribution in [1.82, 2.24) is 10.2 Å². The summed E-state index contributed by atoms with van der Waals surface area (Å²) in [5.41, 5.74) is 1.23. The van der Waals surface area contributed by atoms with Crippen LogP contribution >= 0.6 is 0 Å². The molecule has 1 heterocycles. The number of hydrogen-bond acceptors (Lipinski definition) is 5. The maximum atomic E-state index is 13.0. The van der Waals surface area contributed by atoms with Crippen molar-refractivity contribution < 1.29 is 22.7 Å². The first-order valence-electron chi connectivity index (χ1n) is 9.25. The van der Waals surface area contributed by atoms with Gasteiger partial charge in [0.15, 0.2) is 5.82 Å². The first-order valence-corrected chi connectivity index (χ1v) is 9.25. The van der Waals surface area contributed by atoms with Crippen molar-refractivity contribution in [2.45, 2.75) is 6.18 Å². The first kappa shape index (κ1) is 20.3. The maximum absolute atomic E-state index is 13.0. The molecule has 3 aromatic carbocycles. The molecule has 0 unspecified atom stereocenters. The van der Waals surface area contributed by atoms with E-state index < -0.39 is 17.7 Å². The van der Waals surface area contributed by atoms with Crippen molar-refractivity contribution in [3.8, 4) is 11.3 Å². The smallest absolute Gasteiger partial charge is 0.416 e. The van der Waals surface area contributed by atoms with Crippen LogP contribution in [0.25, 0.3) is 22.0 Å². The molecule has 0 bridgehead atoms. The Morgan fingerprint density at radius 1 is 0.903 bits per heavy atom. The highest BCUT2D eigenvalue weighted by molar-refractivity contribution is 6.01. The van der Waals surface area contributed by atoms with Gasteiger partial charge in [0.05, 0.1) is 18.2 Å². The number of ether oxygens (including phenoxy) is 1. The van der Waals surface area contributed by atoms with Crippen molar-refractivity contribution in [2.24, 2.45) is 0 Å². The summed E-state index contributed by atoms with van der Waals surface area (Å²) in [6.07, 6.45) is -4.44. The molecule has 31 heavy (non-hydrogen) atoms. The molecule has 1 N–H and O–H groups in total. The number of halogens is 3. The second kappa shape index (κ2) is 8.06. The Kier molecular flexibility index (Phi) is 5.29. The van der Waals surface area contributed by atoms with E-state index in [1.54, 1.807) is 24.3 Å². The maximum Gasteiger partial charge on any atom is 0.416 e. The minimum atomic E-state index is -4.44. The molecule has 4 aromatic rings. The molecular formula is C23H16F3N3O2. The molecule has 8 heteroatoms. The molecule has 0 fully saturated rings. The second-order valence-corrected chi connectivity index (χ2v) is 6.72. The van der Waals surface area contributed by atoms with Crippen LogP contribution in [-0.4, -0.2) is 23.3 Å². The van der Waals surface area contributed by atoms with Crippen molar-refractivity contribution in [3.63, 3.8) is 0 Å². The lowest BCUT2D eigenvalue weighted by molar-refractivity contribution is -0.137.